The molecule has 0 spiro atoms. The lowest BCUT2D eigenvalue weighted by atomic mass is 10.1. The fourth-order valence-corrected chi connectivity index (χ4v) is 2.69. The van der Waals surface area contributed by atoms with E-state index >= 15 is 0 Å². The van der Waals surface area contributed by atoms with Crippen molar-refractivity contribution in [2.45, 2.75) is 13.5 Å². The highest BCUT2D eigenvalue weighted by Crippen LogP contribution is 2.09. The number of guanidine groups is 1. The van der Waals surface area contributed by atoms with Gasteiger partial charge in [-0.3, -0.25) is 9.89 Å². The first-order valence-electron chi connectivity index (χ1n) is 8.16. The first-order chi connectivity index (χ1) is 11.2. The summed E-state index contributed by atoms with van der Waals surface area (Å²) in [5.74, 6) is 1.39. The van der Waals surface area contributed by atoms with Gasteiger partial charge >= 0.3 is 0 Å². The summed E-state index contributed by atoms with van der Waals surface area (Å²) >= 11 is 5.90. The van der Waals surface area contributed by atoms with E-state index in [1.807, 2.05) is 24.3 Å². The summed E-state index contributed by atoms with van der Waals surface area (Å²) in [5, 5.41) is 7.48. The van der Waals surface area contributed by atoms with Gasteiger partial charge < -0.3 is 15.4 Å². The quantitative estimate of drug-likeness (QED) is 0.615. The Morgan fingerprint density at radius 3 is 2.61 bits per heavy atom. The maximum Gasteiger partial charge on any atom is 0.191 e. The second-order valence-electron chi connectivity index (χ2n) is 5.95. The standard InChI is InChI=1S/C17H27ClN4O/c1-14(13-22-7-9-23-10-8-22)11-20-17(19-2)21-12-15-3-5-16(18)6-4-15/h3-6,14H,7-13H2,1-2H3,(H2,19,20,21). The average Bonchev–Trinajstić information content (AvgIpc) is 2.57. The number of morpholine rings is 1. The van der Waals surface area contributed by atoms with Crippen molar-refractivity contribution >= 4 is 17.6 Å². The maximum atomic E-state index is 5.90. The summed E-state index contributed by atoms with van der Waals surface area (Å²) in [6.07, 6.45) is 0. The summed E-state index contributed by atoms with van der Waals surface area (Å²) in [7, 11) is 1.80. The number of hydrogen-bond acceptors (Lipinski definition) is 3. The van der Waals surface area contributed by atoms with E-state index < -0.39 is 0 Å². The van der Waals surface area contributed by atoms with E-state index in [1.54, 1.807) is 7.05 Å². The van der Waals surface area contributed by atoms with E-state index in [4.69, 9.17) is 16.3 Å². The summed E-state index contributed by atoms with van der Waals surface area (Å²) < 4.78 is 5.38. The predicted octanol–water partition coefficient (Wildman–Crippen LogP) is 1.97. The van der Waals surface area contributed by atoms with E-state index in [-0.39, 0.29) is 0 Å². The molecule has 128 valence electrons. The van der Waals surface area contributed by atoms with Gasteiger partial charge in [-0.25, -0.2) is 0 Å². The van der Waals surface area contributed by atoms with Crippen LogP contribution in [-0.2, 0) is 11.3 Å². The first kappa shape index (κ1) is 18.0. The third-order valence-electron chi connectivity index (χ3n) is 3.89. The largest absolute Gasteiger partial charge is 0.379 e. The van der Waals surface area contributed by atoms with E-state index in [1.165, 1.54) is 5.56 Å². The van der Waals surface area contributed by atoms with Crippen LogP contribution < -0.4 is 10.6 Å². The number of hydrogen-bond donors (Lipinski definition) is 2. The molecule has 1 aliphatic heterocycles. The molecule has 0 saturated carbocycles. The zero-order valence-electron chi connectivity index (χ0n) is 14.0. The minimum atomic E-state index is 0.558. The topological polar surface area (TPSA) is 48.9 Å². The van der Waals surface area contributed by atoms with Crippen LogP contribution in [0.1, 0.15) is 12.5 Å². The fourth-order valence-electron chi connectivity index (χ4n) is 2.57. The summed E-state index contributed by atoms with van der Waals surface area (Å²) in [6, 6.07) is 7.84. The van der Waals surface area contributed by atoms with Gasteiger partial charge in [0.1, 0.15) is 0 Å². The summed E-state index contributed by atoms with van der Waals surface area (Å²) in [6.45, 7) is 8.75. The van der Waals surface area contributed by atoms with Crippen LogP contribution >= 0.6 is 11.6 Å². The molecule has 0 aromatic heterocycles. The third-order valence-corrected chi connectivity index (χ3v) is 4.14. The van der Waals surface area contributed by atoms with Crippen molar-refractivity contribution < 1.29 is 4.74 Å². The van der Waals surface area contributed by atoms with Gasteiger partial charge in [-0.1, -0.05) is 30.7 Å². The van der Waals surface area contributed by atoms with Gasteiger partial charge in [0.15, 0.2) is 5.96 Å². The highest BCUT2D eigenvalue weighted by Gasteiger charge is 2.13. The summed E-state index contributed by atoms with van der Waals surface area (Å²) in [4.78, 5) is 6.73. The number of rotatable bonds is 6. The van der Waals surface area contributed by atoms with Crippen LogP contribution in [0.5, 0.6) is 0 Å². The van der Waals surface area contributed by atoms with Crippen LogP contribution in [0.4, 0.5) is 0 Å². The molecule has 1 saturated heterocycles. The van der Waals surface area contributed by atoms with Crippen LogP contribution in [0.15, 0.2) is 29.3 Å². The lowest BCUT2D eigenvalue weighted by molar-refractivity contribution is 0.0320. The van der Waals surface area contributed by atoms with Gasteiger partial charge in [0, 0.05) is 44.8 Å². The molecule has 1 aromatic carbocycles. The zero-order valence-corrected chi connectivity index (χ0v) is 14.8. The molecular weight excluding hydrogens is 312 g/mol. The average molecular weight is 339 g/mol. The Labute approximate surface area is 144 Å². The Balaban J connectivity index is 1.68. The number of nitrogens with zero attached hydrogens (tertiary/aromatic N) is 2. The molecule has 1 aromatic rings. The molecule has 1 atom stereocenters. The van der Waals surface area contributed by atoms with Crippen LogP contribution in [-0.4, -0.2) is 57.3 Å². The second-order valence-corrected chi connectivity index (χ2v) is 6.39. The van der Waals surface area contributed by atoms with Crippen molar-refractivity contribution in [2.75, 3.05) is 46.4 Å². The Kier molecular flexibility index (Phi) is 7.65. The Morgan fingerprint density at radius 1 is 1.26 bits per heavy atom. The Hall–Kier alpha value is -1.30. The van der Waals surface area contributed by atoms with Gasteiger partial charge in [0.25, 0.3) is 0 Å². The van der Waals surface area contributed by atoms with E-state index in [0.29, 0.717) is 5.92 Å². The second kappa shape index (κ2) is 9.75. The minimum absolute atomic E-state index is 0.558. The molecule has 6 heteroatoms. The van der Waals surface area contributed by atoms with Crippen molar-refractivity contribution in [3.8, 4) is 0 Å². The van der Waals surface area contributed by atoms with E-state index in [9.17, 15) is 0 Å². The van der Waals surface area contributed by atoms with Crippen molar-refractivity contribution in [1.29, 1.82) is 0 Å². The molecule has 0 bridgehead atoms. The van der Waals surface area contributed by atoms with Crippen molar-refractivity contribution in [2.24, 2.45) is 10.9 Å². The fraction of sp³-hybridized carbons (Fsp3) is 0.588. The smallest absolute Gasteiger partial charge is 0.191 e. The van der Waals surface area contributed by atoms with Crippen LogP contribution in [0, 0.1) is 5.92 Å². The molecule has 1 unspecified atom stereocenters. The summed E-state index contributed by atoms with van der Waals surface area (Å²) in [5.41, 5.74) is 1.18. The van der Waals surface area contributed by atoms with Gasteiger partial charge in [0.2, 0.25) is 0 Å². The number of nitrogens with one attached hydrogen (secondary N) is 2. The Morgan fingerprint density at radius 2 is 1.96 bits per heavy atom. The zero-order chi connectivity index (χ0) is 16.5. The number of aliphatic imine (C=N–C) groups is 1. The predicted molar refractivity (Wildman–Crippen MR) is 96.1 cm³/mol. The molecule has 0 radical (unpaired) electrons. The molecule has 23 heavy (non-hydrogen) atoms. The molecule has 0 aliphatic carbocycles. The van der Waals surface area contributed by atoms with Crippen LogP contribution in [0.25, 0.3) is 0 Å². The molecule has 2 rings (SSSR count). The number of benzene rings is 1. The van der Waals surface area contributed by atoms with Crippen LogP contribution in [0.3, 0.4) is 0 Å². The van der Waals surface area contributed by atoms with Crippen molar-refractivity contribution in [3.63, 3.8) is 0 Å². The molecule has 1 heterocycles. The third kappa shape index (κ3) is 6.77. The van der Waals surface area contributed by atoms with Crippen LogP contribution in [0.2, 0.25) is 5.02 Å². The Bertz CT molecular complexity index is 486. The lowest BCUT2D eigenvalue weighted by Crippen LogP contribution is -2.43. The number of ether oxygens (including phenoxy) is 1. The van der Waals surface area contributed by atoms with E-state index in [2.05, 4.69) is 27.4 Å². The lowest BCUT2D eigenvalue weighted by Gasteiger charge is -2.29. The molecule has 2 N–H and O–H groups in total. The van der Waals surface area contributed by atoms with Gasteiger partial charge in [-0.05, 0) is 23.6 Å². The van der Waals surface area contributed by atoms with Crippen molar-refractivity contribution in [1.82, 2.24) is 15.5 Å². The maximum absolute atomic E-state index is 5.90. The van der Waals surface area contributed by atoms with Crippen molar-refractivity contribution in [3.05, 3.63) is 34.9 Å². The van der Waals surface area contributed by atoms with E-state index in [0.717, 1.165) is 56.9 Å². The van der Waals surface area contributed by atoms with Gasteiger partial charge in [0.05, 0.1) is 13.2 Å². The highest BCUT2D eigenvalue weighted by molar-refractivity contribution is 6.30. The highest BCUT2D eigenvalue weighted by atomic mass is 35.5. The molecule has 1 fully saturated rings. The van der Waals surface area contributed by atoms with Gasteiger partial charge in [-0.2, -0.15) is 0 Å². The molecule has 0 amide bonds. The first-order valence-corrected chi connectivity index (χ1v) is 8.54. The monoisotopic (exact) mass is 338 g/mol. The molecular formula is C17H27ClN4O. The van der Waals surface area contributed by atoms with Gasteiger partial charge in [-0.15, -0.1) is 0 Å². The molecule has 5 nitrogen and oxygen atoms in total. The number of halogens is 1. The minimum Gasteiger partial charge on any atom is -0.379 e. The molecule has 1 aliphatic rings. The normalized spacial score (nSPS) is 17.8. The SMILES string of the molecule is CN=C(NCc1ccc(Cl)cc1)NCC(C)CN1CCOCC1.